The smallest absolute Gasteiger partial charge is 0.264 e. The van der Waals surface area contributed by atoms with Gasteiger partial charge in [0, 0.05) is 19.2 Å². The van der Waals surface area contributed by atoms with Crippen molar-refractivity contribution in [1.82, 2.24) is 10.2 Å². The molecule has 3 aromatic carbocycles. The zero-order valence-corrected chi connectivity index (χ0v) is 21.1. The predicted molar refractivity (Wildman–Crippen MR) is 133 cm³/mol. The van der Waals surface area contributed by atoms with Gasteiger partial charge in [0.1, 0.15) is 24.2 Å². The minimum absolute atomic E-state index is 0.0583. The van der Waals surface area contributed by atoms with Crippen molar-refractivity contribution >= 4 is 39.1 Å². The summed E-state index contributed by atoms with van der Waals surface area (Å²) < 4.78 is 56.1. The lowest BCUT2D eigenvalue weighted by Gasteiger charge is -2.31. The summed E-state index contributed by atoms with van der Waals surface area (Å²) >= 11 is 5.90. The Morgan fingerprint density at radius 2 is 1.61 bits per heavy atom. The third-order valence-corrected chi connectivity index (χ3v) is 7.59. The van der Waals surface area contributed by atoms with Crippen molar-refractivity contribution in [2.75, 3.05) is 17.9 Å². The van der Waals surface area contributed by atoms with Crippen LogP contribution in [0.25, 0.3) is 0 Å². The molecule has 0 aromatic heterocycles. The Labute approximate surface area is 213 Å². The van der Waals surface area contributed by atoms with Gasteiger partial charge < -0.3 is 10.2 Å². The summed E-state index contributed by atoms with van der Waals surface area (Å²) in [5, 5.41) is 2.10. The number of hydrogen-bond donors (Lipinski definition) is 1. The molecular formula is C25H24ClF2N3O4S. The highest BCUT2D eigenvalue weighted by atomic mass is 35.5. The van der Waals surface area contributed by atoms with Crippen LogP contribution in [0.3, 0.4) is 0 Å². The van der Waals surface area contributed by atoms with Gasteiger partial charge in [-0.2, -0.15) is 0 Å². The van der Waals surface area contributed by atoms with E-state index in [1.54, 1.807) is 12.1 Å². The van der Waals surface area contributed by atoms with Crippen LogP contribution >= 0.6 is 11.6 Å². The Hall–Kier alpha value is -3.50. The molecule has 11 heteroatoms. The molecule has 0 radical (unpaired) electrons. The first-order valence-electron chi connectivity index (χ1n) is 10.8. The molecule has 0 spiro atoms. The third-order valence-electron chi connectivity index (χ3n) is 5.51. The maximum absolute atomic E-state index is 14.4. The van der Waals surface area contributed by atoms with Crippen LogP contribution in [0.4, 0.5) is 14.5 Å². The summed E-state index contributed by atoms with van der Waals surface area (Å²) in [4.78, 5) is 26.9. The van der Waals surface area contributed by atoms with Crippen LogP contribution in [0.2, 0.25) is 5.02 Å². The fourth-order valence-electron chi connectivity index (χ4n) is 3.49. The number of carbonyl (C=O) groups excluding carboxylic acids is 2. The highest BCUT2D eigenvalue weighted by Gasteiger charge is 2.32. The maximum Gasteiger partial charge on any atom is 0.264 e. The quantitative estimate of drug-likeness (QED) is 0.449. The van der Waals surface area contributed by atoms with E-state index in [0.29, 0.717) is 0 Å². The number of benzene rings is 3. The fraction of sp³-hybridized carbons (Fsp3) is 0.200. The summed E-state index contributed by atoms with van der Waals surface area (Å²) in [6.45, 7) is 0.404. The van der Waals surface area contributed by atoms with Crippen molar-refractivity contribution in [3.63, 3.8) is 0 Å². The molecule has 1 atom stereocenters. The standard InChI is InChI=1S/C25H24ClF2N3O4S/c1-17(25(33)29-2)30(15-18-8-6-7-11-22(18)27)24(32)16-31(19-12-13-23(28)21(26)14-19)36(34,35)20-9-4-3-5-10-20/h3-14,17H,15-16H2,1-2H3,(H,29,33). The van der Waals surface area contributed by atoms with Gasteiger partial charge in [0.25, 0.3) is 10.0 Å². The minimum atomic E-state index is -4.31. The predicted octanol–water partition coefficient (Wildman–Crippen LogP) is 3.98. The van der Waals surface area contributed by atoms with E-state index in [1.807, 2.05) is 0 Å². The Morgan fingerprint density at radius 3 is 2.22 bits per heavy atom. The number of likely N-dealkylation sites (N-methyl/N-ethyl adjacent to an activating group) is 1. The molecule has 36 heavy (non-hydrogen) atoms. The number of anilines is 1. The van der Waals surface area contributed by atoms with Gasteiger partial charge in [0.2, 0.25) is 11.8 Å². The number of halogens is 3. The van der Waals surface area contributed by atoms with Crippen LogP contribution in [-0.4, -0.2) is 44.8 Å². The minimum Gasteiger partial charge on any atom is -0.357 e. The third kappa shape index (κ3) is 6.00. The van der Waals surface area contributed by atoms with E-state index in [1.165, 1.54) is 62.5 Å². The monoisotopic (exact) mass is 535 g/mol. The lowest BCUT2D eigenvalue weighted by atomic mass is 10.1. The number of nitrogens with zero attached hydrogens (tertiary/aromatic N) is 2. The normalized spacial score (nSPS) is 12.0. The van der Waals surface area contributed by atoms with Crippen molar-refractivity contribution in [3.05, 3.63) is 95.0 Å². The number of amides is 2. The second-order valence-corrected chi connectivity index (χ2v) is 10.1. The van der Waals surface area contributed by atoms with Gasteiger partial charge in [0.05, 0.1) is 15.6 Å². The molecule has 1 N–H and O–H groups in total. The molecule has 0 aliphatic heterocycles. The number of hydrogen-bond acceptors (Lipinski definition) is 4. The molecule has 0 saturated heterocycles. The van der Waals surface area contributed by atoms with Crippen molar-refractivity contribution in [2.45, 2.75) is 24.4 Å². The molecule has 0 aliphatic carbocycles. The van der Waals surface area contributed by atoms with Gasteiger partial charge in [-0.05, 0) is 43.3 Å². The average Bonchev–Trinajstić information content (AvgIpc) is 2.87. The molecule has 0 fully saturated rings. The van der Waals surface area contributed by atoms with Crippen molar-refractivity contribution < 1.29 is 26.8 Å². The second kappa shape index (κ2) is 11.5. The van der Waals surface area contributed by atoms with Gasteiger partial charge in [-0.25, -0.2) is 17.2 Å². The van der Waals surface area contributed by atoms with E-state index in [4.69, 9.17) is 11.6 Å². The first-order chi connectivity index (χ1) is 17.1. The molecule has 0 heterocycles. The fourth-order valence-corrected chi connectivity index (χ4v) is 5.09. The molecule has 3 aromatic rings. The van der Waals surface area contributed by atoms with E-state index in [9.17, 15) is 26.8 Å². The van der Waals surface area contributed by atoms with Crippen molar-refractivity contribution in [1.29, 1.82) is 0 Å². The van der Waals surface area contributed by atoms with Crippen LogP contribution in [0, 0.1) is 11.6 Å². The summed E-state index contributed by atoms with van der Waals surface area (Å²) in [5.74, 6) is -2.66. The zero-order valence-electron chi connectivity index (χ0n) is 19.5. The Balaban J connectivity index is 2.06. The van der Waals surface area contributed by atoms with E-state index >= 15 is 0 Å². The van der Waals surface area contributed by atoms with E-state index in [2.05, 4.69) is 5.32 Å². The summed E-state index contributed by atoms with van der Waals surface area (Å²) in [6, 6.07) is 15.3. The van der Waals surface area contributed by atoms with Gasteiger partial charge in [-0.15, -0.1) is 0 Å². The van der Waals surface area contributed by atoms with Gasteiger partial charge in [-0.3, -0.25) is 13.9 Å². The number of sulfonamides is 1. The molecule has 3 rings (SSSR count). The molecule has 190 valence electrons. The molecule has 2 amide bonds. The van der Waals surface area contributed by atoms with Crippen molar-refractivity contribution in [2.24, 2.45) is 0 Å². The molecule has 0 bridgehead atoms. The highest BCUT2D eigenvalue weighted by molar-refractivity contribution is 7.92. The van der Waals surface area contributed by atoms with E-state index < -0.39 is 46.1 Å². The number of rotatable bonds is 9. The summed E-state index contributed by atoms with van der Waals surface area (Å²) in [5.41, 5.74) is 0.0842. The van der Waals surface area contributed by atoms with Gasteiger partial charge >= 0.3 is 0 Å². The summed E-state index contributed by atoms with van der Waals surface area (Å²) in [7, 11) is -2.93. The van der Waals surface area contributed by atoms with Crippen LogP contribution < -0.4 is 9.62 Å². The first-order valence-corrected chi connectivity index (χ1v) is 12.7. The first kappa shape index (κ1) is 27.1. The van der Waals surface area contributed by atoms with E-state index in [0.717, 1.165) is 21.3 Å². The maximum atomic E-state index is 14.4. The van der Waals surface area contributed by atoms with Gasteiger partial charge in [-0.1, -0.05) is 48.0 Å². The Kier molecular flexibility index (Phi) is 8.65. The topological polar surface area (TPSA) is 86.8 Å². The van der Waals surface area contributed by atoms with Crippen LogP contribution in [-0.2, 0) is 26.2 Å². The Bertz CT molecular complexity index is 1360. The molecule has 0 aliphatic rings. The SMILES string of the molecule is CNC(=O)C(C)N(Cc1ccccc1F)C(=O)CN(c1ccc(F)c(Cl)c1)S(=O)(=O)c1ccccc1. The number of carbonyl (C=O) groups is 2. The molecule has 7 nitrogen and oxygen atoms in total. The van der Waals surface area contributed by atoms with E-state index in [-0.39, 0.29) is 27.7 Å². The molecular weight excluding hydrogens is 512 g/mol. The largest absolute Gasteiger partial charge is 0.357 e. The molecule has 0 saturated carbocycles. The highest BCUT2D eigenvalue weighted by Crippen LogP contribution is 2.28. The second-order valence-electron chi connectivity index (χ2n) is 7.83. The lowest BCUT2D eigenvalue weighted by Crippen LogP contribution is -2.50. The average molecular weight is 536 g/mol. The van der Waals surface area contributed by atoms with Crippen LogP contribution in [0.1, 0.15) is 12.5 Å². The Morgan fingerprint density at radius 1 is 0.972 bits per heavy atom. The number of nitrogens with one attached hydrogen (secondary N) is 1. The van der Waals surface area contributed by atoms with Crippen LogP contribution in [0.15, 0.2) is 77.7 Å². The van der Waals surface area contributed by atoms with Crippen LogP contribution in [0.5, 0.6) is 0 Å². The lowest BCUT2D eigenvalue weighted by molar-refractivity contribution is -0.139. The van der Waals surface area contributed by atoms with Gasteiger partial charge in [0.15, 0.2) is 0 Å². The zero-order chi connectivity index (χ0) is 26.5. The van der Waals surface area contributed by atoms with Crippen molar-refractivity contribution in [3.8, 4) is 0 Å². The summed E-state index contributed by atoms with van der Waals surface area (Å²) in [6.07, 6.45) is 0. The molecule has 1 unspecified atom stereocenters.